The minimum atomic E-state index is -0.956. The first-order valence-corrected chi connectivity index (χ1v) is 8.88. The Labute approximate surface area is 158 Å². The molecule has 0 aliphatic carbocycles. The van der Waals surface area contributed by atoms with Crippen molar-refractivity contribution in [3.05, 3.63) is 64.1 Å². The number of amides is 1. The molecule has 0 radical (unpaired) electrons. The van der Waals surface area contributed by atoms with Crippen LogP contribution in [0.3, 0.4) is 0 Å². The van der Waals surface area contributed by atoms with Gasteiger partial charge in [-0.2, -0.15) is 4.39 Å². The average molecular weight is 386 g/mol. The number of anilines is 1. The van der Waals surface area contributed by atoms with Gasteiger partial charge in [0, 0.05) is 11.8 Å². The Morgan fingerprint density at radius 1 is 1.22 bits per heavy atom. The minimum Gasteiger partial charge on any atom is -0.325 e. The number of nitrogens with one attached hydrogen (secondary N) is 1. The Balaban J connectivity index is 1.76. The first kappa shape index (κ1) is 18.7. The van der Waals surface area contributed by atoms with Gasteiger partial charge in [-0.1, -0.05) is 23.9 Å². The summed E-state index contributed by atoms with van der Waals surface area (Å²) in [4.78, 5) is 31.4. The average Bonchev–Trinajstić information content (AvgIpc) is 2.63. The number of hydrogen-bond acceptors (Lipinski definition) is 6. The number of nitro benzene ring substituents is 1. The predicted octanol–water partition coefficient (Wildman–Crippen LogP) is 4.10. The molecular weight excluding hydrogens is 371 g/mol. The largest absolute Gasteiger partial charge is 0.325 e. The summed E-state index contributed by atoms with van der Waals surface area (Å²) in [6, 6.07) is 10.7. The molecular formula is C18H15FN4O3S. The number of carbonyl (C=O) groups is 1. The van der Waals surface area contributed by atoms with Crippen LogP contribution in [0.5, 0.6) is 0 Å². The fourth-order valence-corrected chi connectivity index (χ4v) is 3.25. The van der Waals surface area contributed by atoms with Gasteiger partial charge in [-0.25, -0.2) is 9.97 Å². The molecule has 1 aromatic heterocycles. The second-order valence-electron chi connectivity index (χ2n) is 5.78. The summed E-state index contributed by atoms with van der Waals surface area (Å²) in [5.41, 5.74) is 1.67. The molecule has 0 fully saturated rings. The molecule has 9 heteroatoms. The van der Waals surface area contributed by atoms with E-state index in [4.69, 9.17) is 0 Å². The normalized spacial score (nSPS) is 12.0. The molecule has 3 rings (SSSR count). The van der Waals surface area contributed by atoms with Crippen molar-refractivity contribution in [2.75, 3.05) is 5.32 Å². The highest BCUT2D eigenvalue weighted by Gasteiger charge is 2.20. The highest BCUT2D eigenvalue weighted by molar-refractivity contribution is 8.00. The summed E-state index contributed by atoms with van der Waals surface area (Å²) >= 11 is 1.23. The first-order valence-electron chi connectivity index (χ1n) is 8.00. The summed E-state index contributed by atoms with van der Waals surface area (Å²) in [7, 11) is 0. The van der Waals surface area contributed by atoms with E-state index in [1.165, 1.54) is 17.8 Å². The molecule has 27 heavy (non-hydrogen) atoms. The fraction of sp³-hybridized carbons (Fsp3) is 0.167. The van der Waals surface area contributed by atoms with Crippen LogP contribution >= 0.6 is 11.8 Å². The van der Waals surface area contributed by atoms with Crippen LogP contribution in [0, 0.1) is 22.9 Å². The van der Waals surface area contributed by atoms with Gasteiger partial charge in [0.2, 0.25) is 11.7 Å². The van der Waals surface area contributed by atoms with E-state index in [0.29, 0.717) is 10.7 Å². The lowest BCUT2D eigenvalue weighted by Crippen LogP contribution is -2.22. The number of thioether (sulfide) groups is 1. The smallest absolute Gasteiger partial charge is 0.306 e. The van der Waals surface area contributed by atoms with E-state index in [2.05, 4.69) is 15.3 Å². The lowest BCUT2D eigenvalue weighted by Gasteiger charge is -2.13. The second-order valence-corrected chi connectivity index (χ2v) is 7.11. The van der Waals surface area contributed by atoms with Crippen molar-refractivity contribution < 1.29 is 14.1 Å². The zero-order valence-electron chi connectivity index (χ0n) is 14.5. The molecule has 0 aliphatic rings. The molecule has 0 spiro atoms. The Morgan fingerprint density at radius 3 is 2.56 bits per heavy atom. The molecule has 1 heterocycles. The number of rotatable bonds is 5. The molecule has 138 valence electrons. The van der Waals surface area contributed by atoms with E-state index >= 15 is 0 Å². The van der Waals surface area contributed by atoms with Gasteiger partial charge < -0.3 is 5.32 Å². The van der Waals surface area contributed by atoms with E-state index < -0.39 is 21.7 Å². The maximum Gasteiger partial charge on any atom is 0.306 e. The molecule has 7 nitrogen and oxygen atoms in total. The molecule has 1 amide bonds. The third-order valence-electron chi connectivity index (χ3n) is 3.77. The van der Waals surface area contributed by atoms with Crippen molar-refractivity contribution in [3.63, 3.8) is 0 Å². The fourth-order valence-electron chi connectivity index (χ4n) is 2.38. The van der Waals surface area contributed by atoms with Crippen molar-refractivity contribution in [2.45, 2.75) is 24.1 Å². The molecule has 1 unspecified atom stereocenters. The van der Waals surface area contributed by atoms with Crippen molar-refractivity contribution in [3.8, 4) is 0 Å². The van der Waals surface area contributed by atoms with Crippen molar-refractivity contribution >= 4 is 40.1 Å². The lowest BCUT2D eigenvalue weighted by molar-refractivity contribution is -0.387. The Morgan fingerprint density at radius 2 is 1.89 bits per heavy atom. The number of nitrogens with zero attached hydrogens (tertiary/aromatic N) is 3. The van der Waals surface area contributed by atoms with Crippen molar-refractivity contribution in [2.24, 2.45) is 0 Å². The predicted molar refractivity (Wildman–Crippen MR) is 101 cm³/mol. The number of aryl methyl sites for hydroxylation is 1. The van der Waals surface area contributed by atoms with Crippen LogP contribution in [0.4, 0.5) is 15.8 Å². The van der Waals surface area contributed by atoms with Gasteiger partial charge in [-0.15, -0.1) is 0 Å². The molecule has 1 N–H and O–H groups in total. The summed E-state index contributed by atoms with van der Waals surface area (Å²) in [6.07, 6.45) is 0. The topological polar surface area (TPSA) is 98.0 Å². The second kappa shape index (κ2) is 7.67. The van der Waals surface area contributed by atoms with Crippen LogP contribution in [0.1, 0.15) is 12.6 Å². The molecule has 0 aliphatic heterocycles. The van der Waals surface area contributed by atoms with Gasteiger partial charge in [0.05, 0.1) is 26.9 Å². The minimum absolute atomic E-state index is 0.155. The van der Waals surface area contributed by atoms with Crippen LogP contribution in [0.15, 0.2) is 47.5 Å². The molecule has 2 aromatic carbocycles. The van der Waals surface area contributed by atoms with Crippen molar-refractivity contribution in [1.82, 2.24) is 9.97 Å². The Hall–Kier alpha value is -3.07. The molecule has 0 bridgehead atoms. The highest BCUT2D eigenvalue weighted by atomic mass is 32.2. The summed E-state index contributed by atoms with van der Waals surface area (Å²) in [5.74, 6) is -1.34. The van der Waals surface area contributed by atoms with E-state index in [9.17, 15) is 19.3 Å². The van der Waals surface area contributed by atoms with Crippen LogP contribution in [-0.2, 0) is 4.79 Å². The number of fused-ring (bicyclic) bond motifs is 1. The SMILES string of the molecule is Cc1nc2ccccc2nc1SC(C)C(=O)Nc1ccc(F)c([N+](=O)[O-])c1. The number of hydrogen-bond donors (Lipinski definition) is 1. The van der Waals surface area contributed by atoms with Gasteiger partial charge >= 0.3 is 5.69 Å². The summed E-state index contributed by atoms with van der Waals surface area (Å²) in [6.45, 7) is 3.50. The Kier molecular flexibility index (Phi) is 5.31. The lowest BCUT2D eigenvalue weighted by atomic mass is 10.2. The standard InChI is InChI=1S/C18H15FN4O3S/c1-10-18(22-15-6-4-3-5-14(15)20-10)27-11(2)17(24)21-12-7-8-13(19)16(9-12)23(25)26/h3-9,11H,1-2H3,(H,21,24). The van der Waals surface area contributed by atoms with Gasteiger partial charge in [0.25, 0.3) is 0 Å². The van der Waals surface area contributed by atoms with E-state index in [1.807, 2.05) is 31.2 Å². The number of halogens is 1. The van der Waals surface area contributed by atoms with Gasteiger partial charge in [-0.3, -0.25) is 14.9 Å². The third kappa shape index (κ3) is 4.20. The first-order chi connectivity index (χ1) is 12.8. The molecule has 3 aromatic rings. The van der Waals surface area contributed by atoms with E-state index in [0.717, 1.165) is 23.2 Å². The van der Waals surface area contributed by atoms with E-state index in [-0.39, 0.29) is 11.6 Å². The quantitative estimate of drug-likeness (QED) is 0.403. The van der Waals surface area contributed by atoms with Crippen LogP contribution in [0.2, 0.25) is 0 Å². The summed E-state index contributed by atoms with van der Waals surface area (Å²) in [5, 5.41) is 13.5. The summed E-state index contributed by atoms with van der Waals surface area (Å²) < 4.78 is 13.4. The Bertz CT molecular complexity index is 1040. The highest BCUT2D eigenvalue weighted by Crippen LogP contribution is 2.27. The third-order valence-corrected chi connectivity index (χ3v) is 4.95. The van der Waals surface area contributed by atoms with Crippen LogP contribution < -0.4 is 5.32 Å². The number of carbonyl (C=O) groups excluding carboxylic acids is 1. The zero-order chi connectivity index (χ0) is 19.6. The number of aromatic nitrogens is 2. The molecule has 1 atom stereocenters. The van der Waals surface area contributed by atoms with Crippen LogP contribution in [0.25, 0.3) is 11.0 Å². The number of nitro groups is 1. The van der Waals surface area contributed by atoms with Gasteiger partial charge in [-0.05, 0) is 38.1 Å². The van der Waals surface area contributed by atoms with Gasteiger partial charge in [0.1, 0.15) is 5.03 Å². The number of para-hydroxylation sites is 2. The molecule has 0 saturated heterocycles. The number of benzene rings is 2. The monoisotopic (exact) mass is 386 g/mol. The maximum atomic E-state index is 13.4. The zero-order valence-corrected chi connectivity index (χ0v) is 15.3. The van der Waals surface area contributed by atoms with Crippen molar-refractivity contribution in [1.29, 1.82) is 0 Å². The van der Waals surface area contributed by atoms with Crippen LogP contribution in [-0.4, -0.2) is 26.0 Å². The van der Waals surface area contributed by atoms with E-state index in [1.54, 1.807) is 6.92 Å². The molecule has 0 saturated carbocycles. The maximum absolute atomic E-state index is 13.4. The van der Waals surface area contributed by atoms with Gasteiger partial charge in [0.15, 0.2) is 0 Å².